The largest absolute Gasteiger partial charge is 0.496 e. The van der Waals surface area contributed by atoms with Crippen LogP contribution in [0.25, 0.3) is 11.0 Å². The van der Waals surface area contributed by atoms with E-state index in [1.165, 1.54) is 0 Å². The lowest BCUT2D eigenvalue weighted by molar-refractivity contribution is -0.121. The second-order valence-electron chi connectivity index (χ2n) is 9.60. The van der Waals surface area contributed by atoms with Gasteiger partial charge in [0.2, 0.25) is 15.9 Å². The Balaban J connectivity index is 1.42. The number of hydrogen-bond donors (Lipinski definition) is 4. The second-order valence-corrected chi connectivity index (χ2v) is 11.4. The number of carbonyl (C=O) groups is 2. The molecule has 1 fully saturated rings. The maximum Gasteiger partial charge on any atom is 0.326 e. The third-order valence-electron chi connectivity index (χ3n) is 6.88. The van der Waals surface area contributed by atoms with Crippen LogP contribution in [-0.4, -0.2) is 56.2 Å². The predicted molar refractivity (Wildman–Crippen MR) is 145 cm³/mol. The molecule has 0 saturated heterocycles. The van der Waals surface area contributed by atoms with Crippen LogP contribution in [-0.2, 0) is 14.8 Å². The van der Waals surface area contributed by atoms with Crippen LogP contribution in [0.2, 0.25) is 0 Å². The van der Waals surface area contributed by atoms with Gasteiger partial charge in [-0.1, -0.05) is 12.1 Å². The van der Waals surface area contributed by atoms with Crippen molar-refractivity contribution in [3.63, 3.8) is 0 Å². The Morgan fingerprint density at radius 2 is 1.84 bits per heavy atom. The van der Waals surface area contributed by atoms with E-state index in [0.717, 1.165) is 11.8 Å². The third kappa shape index (κ3) is 6.25. The van der Waals surface area contributed by atoms with Crippen molar-refractivity contribution in [1.29, 1.82) is 0 Å². The van der Waals surface area contributed by atoms with Crippen LogP contribution in [0.1, 0.15) is 47.6 Å². The van der Waals surface area contributed by atoms with E-state index in [9.17, 15) is 22.8 Å². The van der Waals surface area contributed by atoms with Crippen molar-refractivity contribution in [3.8, 4) is 5.75 Å². The number of imidazole rings is 1. The molecule has 1 heterocycles. The van der Waals surface area contributed by atoms with E-state index in [-0.39, 0.29) is 36.6 Å². The van der Waals surface area contributed by atoms with Gasteiger partial charge in [0.15, 0.2) is 0 Å². The molecule has 0 radical (unpaired) electrons. The van der Waals surface area contributed by atoms with Crippen LogP contribution < -0.4 is 25.8 Å². The molecule has 12 heteroatoms. The Kier molecular flexibility index (Phi) is 8.22. The number of methoxy groups -OCH3 is 1. The van der Waals surface area contributed by atoms with Crippen LogP contribution in [0, 0.1) is 12.8 Å². The topological polar surface area (TPSA) is 151 Å². The van der Waals surface area contributed by atoms with Gasteiger partial charge in [0.25, 0.3) is 5.91 Å². The molecule has 0 unspecified atom stereocenters. The summed E-state index contributed by atoms with van der Waals surface area (Å²) in [6, 6.07) is 10.6. The fourth-order valence-corrected chi connectivity index (χ4v) is 5.42. The molecule has 204 valence electrons. The normalized spacial score (nSPS) is 17.8. The molecular formula is C26H33N5O6S. The van der Waals surface area contributed by atoms with Crippen molar-refractivity contribution in [2.45, 2.75) is 38.6 Å². The van der Waals surface area contributed by atoms with Gasteiger partial charge in [-0.3, -0.25) is 14.2 Å². The number of anilines is 1. The molecule has 0 spiro atoms. The van der Waals surface area contributed by atoms with Crippen LogP contribution in [0.3, 0.4) is 0 Å². The summed E-state index contributed by atoms with van der Waals surface area (Å²) in [7, 11) is -1.75. The van der Waals surface area contributed by atoms with Gasteiger partial charge in [-0.25, -0.2) is 17.9 Å². The first-order valence-electron chi connectivity index (χ1n) is 12.5. The Morgan fingerprint density at radius 1 is 1.11 bits per heavy atom. The molecule has 2 aromatic carbocycles. The smallest absolute Gasteiger partial charge is 0.326 e. The van der Waals surface area contributed by atoms with Crippen LogP contribution >= 0.6 is 0 Å². The highest BCUT2D eigenvalue weighted by Crippen LogP contribution is 2.34. The van der Waals surface area contributed by atoms with Gasteiger partial charge >= 0.3 is 5.69 Å². The summed E-state index contributed by atoms with van der Waals surface area (Å²) in [5.41, 5.74) is 2.72. The number of aryl methyl sites for hydroxylation is 1. The standard InChI is InChI=1S/C26H33N5O6S/c1-16-7-10-18(15-22(16)37-2)29-24(32)17-8-11-19(12-9-17)31-21-6-4-5-20(23(21)30-26(31)34)25(33)27-13-14-28-38(3,35)36/h4-7,10,15,17,19,28H,8-9,11-14H2,1-3H3,(H,27,33)(H,29,32)(H,30,34)/t17-,19+. The Hall–Kier alpha value is -3.64. The molecule has 1 aromatic heterocycles. The van der Waals surface area contributed by atoms with E-state index in [4.69, 9.17) is 4.74 Å². The van der Waals surface area contributed by atoms with Crippen LogP contribution in [0.15, 0.2) is 41.2 Å². The number of aromatic amines is 1. The average molecular weight is 544 g/mol. The first-order valence-corrected chi connectivity index (χ1v) is 14.4. The zero-order valence-electron chi connectivity index (χ0n) is 21.7. The molecule has 1 saturated carbocycles. The number of aromatic nitrogens is 2. The zero-order valence-corrected chi connectivity index (χ0v) is 22.5. The first-order chi connectivity index (χ1) is 18.1. The summed E-state index contributed by atoms with van der Waals surface area (Å²) >= 11 is 0. The van der Waals surface area contributed by atoms with Gasteiger partial charge in [0.05, 0.1) is 30.0 Å². The number of H-pyrrole nitrogens is 1. The van der Waals surface area contributed by atoms with Gasteiger partial charge in [-0.05, 0) is 56.4 Å². The number of amides is 2. The SMILES string of the molecule is COc1cc(NC(=O)[C@H]2CC[C@@H](n3c(=O)[nH]c4c(C(=O)NCCNS(C)(=O)=O)cccc43)CC2)ccc1C. The minimum atomic E-state index is -3.35. The van der Waals surface area contributed by atoms with Crippen molar-refractivity contribution in [2.24, 2.45) is 5.92 Å². The van der Waals surface area contributed by atoms with E-state index in [0.29, 0.717) is 53.7 Å². The molecule has 1 aliphatic carbocycles. The predicted octanol–water partition coefficient (Wildman–Crippen LogP) is 2.30. The van der Waals surface area contributed by atoms with E-state index in [2.05, 4.69) is 20.3 Å². The molecule has 2 amide bonds. The molecule has 38 heavy (non-hydrogen) atoms. The van der Waals surface area contributed by atoms with Crippen molar-refractivity contribution in [2.75, 3.05) is 31.8 Å². The van der Waals surface area contributed by atoms with Crippen LogP contribution in [0.4, 0.5) is 5.69 Å². The Bertz CT molecular complexity index is 1500. The number of hydrogen-bond acceptors (Lipinski definition) is 6. The summed E-state index contributed by atoms with van der Waals surface area (Å²) < 4.78 is 31.7. The maximum atomic E-state index is 12.9. The summed E-state index contributed by atoms with van der Waals surface area (Å²) in [6.45, 7) is 2.11. The van der Waals surface area contributed by atoms with Crippen molar-refractivity contribution < 1.29 is 22.7 Å². The number of sulfonamides is 1. The average Bonchev–Trinajstić information content (AvgIpc) is 3.22. The second kappa shape index (κ2) is 11.4. The lowest BCUT2D eigenvalue weighted by Gasteiger charge is -2.28. The molecule has 4 N–H and O–H groups in total. The molecular weight excluding hydrogens is 510 g/mol. The van der Waals surface area contributed by atoms with E-state index in [1.54, 1.807) is 35.9 Å². The molecule has 0 aliphatic heterocycles. The number of fused-ring (bicyclic) bond motifs is 1. The Labute approximate surface area is 221 Å². The minimum Gasteiger partial charge on any atom is -0.496 e. The van der Waals surface area contributed by atoms with Gasteiger partial charge in [-0.15, -0.1) is 0 Å². The molecule has 0 atom stereocenters. The van der Waals surface area contributed by atoms with E-state index < -0.39 is 15.9 Å². The lowest BCUT2D eigenvalue weighted by atomic mass is 9.85. The summed E-state index contributed by atoms with van der Waals surface area (Å²) in [4.78, 5) is 41.4. The van der Waals surface area contributed by atoms with Crippen LogP contribution in [0.5, 0.6) is 5.75 Å². The third-order valence-corrected chi connectivity index (χ3v) is 7.61. The van der Waals surface area contributed by atoms with Gasteiger partial charge in [-0.2, -0.15) is 0 Å². The molecule has 1 aliphatic rings. The number of para-hydroxylation sites is 1. The quantitative estimate of drug-likeness (QED) is 0.304. The molecule has 11 nitrogen and oxygen atoms in total. The van der Waals surface area contributed by atoms with Gasteiger partial charge in [0.1, 0.15) is 5.75 Å². The van der Waals surface area contributed by atoms with Gasteiger partial charge in [0, 0.05) is 36.8 Å². The lowest BCUT2D eigenvalue weighted by Crippen LogP contribution is -2.34. The highest BCUT2D eigenvalue weighted by atomic mass is 32.2. The summed E-state index contributed by atoms with van der Waals surface area (Å²) in [6.07, 6.45) is 3.61. The number of carbonyl (C=O) groups excluding carboxylic acids is 2. The maximum absolute atomic E-state index is 12.9. The summed E-state index contributed by atoms with van der Waals surface area (Å²) in [5.74, 6) is 0.0857. The number of rotatable bonds is 9. The molecule has 4 rings (SSSR count). The zero-order chi connectivity index (χ0) is 27.4. The fraction of sp³-hybridized carbons (Fsp3) is 0.423. The highest BCUT2D eigenvalue weighted by molar-refractivity contribution is 7.88. The van der Waals surface area contributed by atoms with Crippen molar-refractivity contribution in [3.05, 3.63) is 58.0 Å². The minimum absolute atomic E-state index is 0.0510. The number of nitrogens with zero attached hydrogens (tertiary/aromatic N) is 1. The van der Waals surface area contributed by atoms with Crippen molar-refractivity contribution in [1.82, 2.24) is 19.6 Å². The number of nitrogens with one attached hydrogen (secondary N) is 4. The first kappa shape index (κ1) is 27.4. The number of ether oxygens (including phenoxy) is 1. The van der Waals surface area contributed by atoms with E-state index in [1.807, 2.05) is 19.1 Å². The highest BCUT2D eigenvalue weighted by Gasteiger charge is 2.29. The monoisotopic (exact) mass is 543 g/mol. The summed E-state index contributed by atoms with van der Waals surface area (Å²) in [5, 5.41) is 5.65. The van der Waals surface area contributed by atoms with E-state index >= 15 is 0 Å². The fourth-order valence-electron chi connectivity index (χ4n) is 4.95. The molecule has 0 bridgehead atoms. The van der Waals surface area contributed by atoms with Gasteiger partial charge < -0.3 is 20.4 Å². The van der Waals surface area contributed by atoms with Crippen molar-refractivity contribution >= 4 is 38.6 Å². The number of benzene rings is 2. The Morgan fingerprint density at radius 3 is 2.53 bits per heavy atom. The molecule has 3 aromatic rings.